The van der Waals surface area contributed by atoms with Gasteiger partial charge in [0.1, 0.15) is 0 Å². The summed E-state index contributed by atoms with van der Waals surface area (Å²) in [6, 6.07) is 10.3. The minimum Gasteiger partial charge on any atom is -0.469 e. The maximum Gasteiger partial charge on any atom is 0.306 e. The second kappa shape index (κ2) is 7.01. The van der Waals surface area contributed by atoms with Gasteiger partial charge < -0.3 is 4.74 Å². The lowest BCUT2D eigenvalue weighted by molar-refractivity contribution is -0.141. The highest BCUT2D eigenvalue weighted by molar-refractivity contribution is 5.69. The molecule has 1 rings (SSSR count). The van der Waals surface area contributed by atoms with Crippen LogP contribution >= 0.6 is 0 Å². The first-order chi connectivity index (χ1) is 7.76. The van der Waals surface area contributed by atoms with Crippen molar-refractivity contribution in [1.82, 2.24) is 4.90 Å². The van der Waals surface area contributed by atoms with Crippen LogP contribution in [-0.2, 0) is 16.1 Å². The molecule has 0 fully saturated rings. The van der Waals surface area contributed by atoms with Gasteiger partial charge >= 0.3 is 5.97 Å². The summed E-state index contributed by atoms with van der Waals surface area (Å²) >= 11 is 0. The van der Waals surface area contributed by atoms with Crippen LogP contribution in [0.4, 0.5) is 0 Å². The molecule has 0 radical (unpaired) electrons. The van der Waals surface area contributed by atoms with Crippen LogP contribution in [-0.4, -0.2) is 31.1 Å². The van der Waals surface area contributed by atoms with E-state index in [0.717, 1.165) is 19.6 Å². The second-order valence-corrected chi connectivity index (χ2v) is 3.68. The molecule has 0 aromatic heterocycles. The lowest BCUT2D eigenvalue weighted by atomic mass is 10.2. The lowest BCUT2D eigenvalue weighted by Crippen LogP contribution is -2.26. The van der Waals surface area contributed by atoms with Gasteiger partial charge in [0.2, 0.25) is 0 Å². The van der Waals surface area contributed by atoms with Gasteiger partial charge in [0, 0.05) is 13.1 Å². The van der Waals surface area contributed by atoms with E-state index in [1.54, 1.807) is 0 Å². The zero-order chi connectivity index (χ0) is 11.8. The number of nitrogens with zero attached hydrogens (tertiary/aromatic N) is 1. The number of benzene rings is 1. The summed E-state index contributed by atoms with van der Waals surface area (Å²) in [6.07, 6.45) is 0.456. The molecule has 0 N–H and O–H groups in total. The maximum atomic E-state index is 11.0. The number of ether oxygens (including phenoxy) is 1. The number of carbonyl (C=O) groups is 1. The first-order valence-electron chi connectivity index (χ1n) is 5.59. The minimum absolute atomic E-state index is 0.147. The first kappa shape index (κ1) is 12.7. The Bertz CT molecular complexity index is 311. The van der Waals surface area contributed by atoms with Gasteiger partial charge in [-0.2, -0.15) is 0 Å². The molecule has 0 aliphatic carbocycles. The summed E-state index contributed by atoms with van der Waals surface area (Å²) in [4.78, 5) is 13.3. The summed E-state index contributed by atoms with van der Waals surface area (Å²) in [5, 5.41) is 0. The van der Waals surface area contributed by atoms with E-state index in [0.29, 0.717) is 6.42 Å². The summed E-state index contributed by atoms with van der Waals surface area (Å²) in [5.74, 6) is -0.147. The Morgan fingerprint density at radius 2 is 2.00 bits per heavy atom. The van der Waals surface area contributed by atoms with Crippen molar-refractivity contribution in [3.8, 4) is 0 Å². The molecule has 1 aromatic rings. The van der Waals surface area contributed by atoms with Crippen molar-refractivity contribution in [1.29, 1.82) is 0 Å². The Balaban J connectivity index is 2.40. The van der Waals surface area contributed by atoms with E-state index in [1.165, 1.54) is 12.7 Å². The normalized spacial score (nSPS) is 10.4. The Morgan fingerprint density at radius 1 is 1.31 bits per heavy atom. The van der Waals surface area contributed by atoms with Crippen molar-refractivity contribution >= 4 is 5.97 Å². The van der Waals surface area contributed by atoms with Crippen LogP contribution in [0.15, 0.2) is 30.3 Å². The fraction of sp³-hybridized carbons (Fsp3) is 0.462. The molecule has 0 saturated carbocycles. The maximum absolute atomic E-state index is 11.0. The van der Waals surface area contributed by atoms with E-state index in [-0.39, 0.29) is 5.97 Å². The SMILES string of the molecule is CCN(CCC(=O)OC)Cc1ccccc1. The predicted octanol–water partition coefficient (Wildman–Crippen LogP) is 2.07. The fourth-order valence-electron chi connectivity index (χ4n) is 1.54. The Hall–Kier alpha value is -1.35. The molecule has 0 aliphatic rings. The van der Waals surface area contributed by atoms with Gasteiger partial charge in [-0.25, -0.2) is 0 Å². The highest BCUT2D eigenvalue weighted by Crippen LogP contribution is 2.04. The van der Waals surface area contributed by atoms with Gasteiger partial charge in [0.25, 0.3) is 0 Å². The molecule has 0 atom stereocenters. The van der Waals surface area contributed by atoms with Crippen LogP contribution in [0.25, 0.3) is 0 Å². The van der Waals surface area contributed by atoms with Crippen LogP contribution in [0.3, 0.4) is 0 Å². The van der Waals surface area contributed by atoms with Gasteiger partial charge in [0.05, 0.1) is 13.5 Å². The number of rotatable bonds is 6. The van der Waals surface area contributed by atoms with Crippen molar-refractivity contribution in [3.05, 3.63) is 35.9 Å². The van der Waals surface area contributed by atoms with E-state index in [9.17, 15) is 4.79 Å². The number of esters is 1. The van der Waals surface area contributed by atoms with Crippen molar-refractivity contribution in [2.45, 2.75) is 19.9 Å². The van der Waals surface area contributed by atoms with E-state index in [2.05, 4.69) is 28.7 Å². The van der Waals surface area contributed by atoms with E-state index in [1.807, 2.05) is 18.2 Å². The molecular formula is C13H19NO2. The highest BCUT2D eigenvalue weighted by atomic mass is 16.5. The number of methoxy groups -OCH3 is 1. The number of hydrogen-bond donors (Lipinski definition) is 0. The molecule has 0 heterocycles. The van der Waals surface area contributed by atoms with Crippen LogP contribution in [0, 0.1) is 0 Å². The lowest BCUT2D eigenvalue weighted by Gasteiger charge is -2.19. The van der Waals surface area contributed by atoms with Crippen molar-refractivity contribution < 1.29 is 9.53 Å². The van der Waals surface area contributed by atoms with Crippen molar-refractivity contribution in [2.24, 2.45) is 0 Å². The molecule has 3 heteroatoms. The highest BCUT2D eigenvalue weighted by Gasteiger charge is 2.06. The summed E-state index contributed by atoms with van der Waals surface area (Å²) in [5.41, 5.74) is 1.27. The number of carbonyl (C=O) groups excluding carboxylic acids is 1. The van der Waals surface area contributed by atoms with Crippen LogP contribution in [0.5, 0.6) is 0 Å². The largest absolute Gasteiger partial charge is 0.469 e. The van der Waals surface area contributed by atoms with E-state index >= 15 is 0 Å². The first-order valence-corrected chi connectivity index (χ1v) is 5.59. The molecule has 0 bridgehead atoms. The quantitative estimate of drug-likeness (QED) is 0.689. The summed E-state index contributed by atoms with van der Waals surface area (Å²) in [7, 11) is 1.43. The van der Waals surface area contributed by atoms with E-state index in [4.69, 9.17) is 0 Å². The smallest absolute Gasteiger partial charge is 0.306 e. The van der Waals surface area contributed by atoms with Crippen LogP contribution < -0.4 is 0 Å². The zero-order valence-electron chi connectivity index (χ0n) is 9.98. The summed E-state index contributed by atoms with van der Waals surface area (Å²) in [6.45, 7) is 4.67. The average Bonchev–Trinajstić information content (AvgIpc) is 2.35. The Morgan fingerprint density at radius 3 is 2.56 bits per heavy atom. The summed E-state index contributed by atoms with van der Waals surface area (Å²) < 4.78 is 4.63. The van der Waals surface area contributed by atoms with Gasteiger partial charge in [-0.15, -0.1) is 0 Å². The van der Waals surface area contributed by atoms with Gasteiger partial charge in [-0.3, -0.25) is 9.69 Å². The van der Waals surface area contributed by atoms with E-state index < -0.39 is 0 Å². The number of hydrogen-bond acceptors (Lipinski definition) is 3. The van der Waals surface area contributed by atoms with Crippen molar-refractivity contribution in [2.75, 3.05) is 20.2 Å². The van der Waals surface area contributed by atoms with Gasteiger partial charge in [-0.1, -0.05) is 37.3 Å². The molecule has 3 nitrogen and oxygen atoms in total. The van der Waals surface area contributed by atoms with Crippen molar-refractivity contribution in [3.63, 3.8) is 0 Å². The molecule has 1 aromatic carbocycles. The predicted molar refractivity (Wildman–Crippen MR) is 64.0 cm³/mol. The molecule has 88 valence electrons. The van der Waals surface area contributed by atoms with Gasteiger partial charge in [0.15, 0.2) is 0 Å². The van der Waals surface area contributed by atoms with Crippen LogP contribution in [0.1, 0.15) is 18.9 Å². The standard InChI is InChI=1S/C13H19NO2/c1-3-14(10-9-13(15)16-2)11-12-7-5-4-6-8-12/h4-8H,3,9-11H2,1-2H3. The third-order valence-electron chi connectivity index (χ3n) is 2.56. The Labute approximate surface area is 97.0 Å². The topological polar surface area (TPSA) is 29.5 Å². The molecule has 0 unspecified atom stereocenters. The molecule has 0 saturated heterocycles. The zero-order valence-corrected chi connectivity index (χ0v) is 9.98. The molecule has 0 spiro atoms. The third-order valence-corrected chi connectivity index (χ3v) is 2.56. The molecular weight excluding hydrogens is 202 g/mol. The Kier molecular flexibility index (Phi) is 5.57. The fourth-order valence-corrected chi connectivity index (χ4v) is 1.54. The molecule has 0 aliphatic heterocycles. The monoisotopic (exact) mass is 221 g/mol. The second-order valence-electron chi connectivity index (χ2n) is 3.68. The third kappa shape index (κ3) is 4.45. The minimum atomic E-state index is -0.147. The van der Waals surface area contributed by atoms with Gasteiger partial charge in [-0.05, 0) is 12.1 Å². The molecule has 0 amide bonds. The van der Waals surface area contributed by atoms with Crippen LogP contribution in [0.2, 0.25) is 0 Å². The average molecular weight is 221 g/mol. The molecule has 16 heavy (non-hydrogen) atoms.